The van der Waals surface area contributed by atoms with Crippen LogP contribution in [0.3, 0.4) is 0 Å². The number of carbonyl (C=O) groups is 2. The van der Waals surface area contributed by atoms with Gasteiger partial charge in [0.05, 0.1) is 11.2 Å². The van der Waals surface area contributed by atoms with Crippen LogP contribution in [-0.2, 0) is 16.2 Å². The molecule has 8 heteroatoms. The molecule has 0 atom stereocenters. The molecular weight excluding hydrogens is 385 g/mol. The SMILES string of the molecule is CCCCNC(=O)C(=O)N/N=C\c1ccc(OCc2ccc(F)cc2)c(Cl)c1. The fourth-order valence-corrected chi connectivity index (χ4v) is 2.37. The molecular formula is C20H21ClFN3O3. The van der Waals surface area contributed by atoms with Crippen LogP contribution in [0.5, 0.6) is 5.75 Å². The zero-order chi connectivity index (χ0) is 20.4. The molecule has 2 rings (SSSR count). The number of carbonyl (C=O) groups excluding carboxylic acids is 2. The number of nitrogens with zero attached hydrogens (tertiary/aromatic N) is 1. The maximum absolute atomic E-state index is 12.9. The molecule has 2 amide bonds. The molecule has 0 aliphatic carbocycles. The maximum Gasteiger partial charge on any atom is 0.329 e. The van der Waals surface area contributed by atoms with Gasteiger partial charge in [-0.05, 0) is 47.9 Å². The Morgan fingerprint density at radius 2 is 1.93 bits per heavy atom. The van der Waals surface area contributed by atoms with Crippen molar-refractivity contribution in [2.45, 2.75) is 26.4 Å². The first-order valence-electron chi connectivity index (χ1n) is 8.77. The smallest absolute Gasteiger partial charge is 0.329 e. The molecule has 2 N–H and O–H groups in total. The van der Waals surface area contributed by atoms with Gasteiger partial charge in [0.2, 0.25) is 0 Å². The van der Waals surface area contributed by atoms with E-state index >= 15 is 0 Å². The molecule has 0 bridgehead atoms. The highest BCUT2D eigenvalue weighted by atomic mass is 35.5. The van der Waals surface area contributed by atoms with Crippen molar-refractivity contribution in [3.8, 4) is 5.75 Å². The number of ether oxygens (including phenoxy) is 1. The molecule has 0 fully saturated rings. The monoisotopic (exact) mass is 405 g/mol. The lowest BCUT2D eigenvalue weighted by atomic mass is 10.2. The van der Waals surface area contributed by atoms with Crippen molar-refractivity contribution in [1.82, 2.24) is 10.7 Å². The Labute approximate surface area is 167 Å². The third-order valence-corrected chi connectivity index (χ3v) is 3.96. The highest BCUT2D eigenvalue weighted by Crippen LogP contribution is 2.25. The molecule has 0 saturated carbocycles. The van der Waals surface area contributed by atoms with Gasteiger partial charge in [-0.15, -0.1) is 0 Å². The zero-order valence-electron chi connectivity index (χ0n) is 15.4. The van der Waals surface area contributed by atoms with E-state index in [1.807, 2.05) is 6.92 Å². The van der Waals surface area contributed by atoms with Crippen LogP contribution < -0.4 is 15.5 Å². The van der Waals surface area contributed by atoms with E-state index in [0.29, 0.717) is 22.9 Å². The first-order chi connectivity index (χ1) is 13.5. The zero-order valence-corrected chi connectivity index (χ0v) is 16.1. The van der Waals surface area contributed by atoms with Gasteiger partial charge in [-0.25, -0.2) is 9.82 Å². The lowest BCUT2D eigenvalue weighted by Gasteiger charge is -2.08. The van der Waals surface area contributed by atoms with Crippen molar-refractivity contribution in [2.24, 2.45) is 5.10 Å². The van der Waals surface area contributed by atoms with Crippen molar-refractivity contribution in [2.75, 3.05) is 6.54 Å². The summed E-state index contributed by atoms with van der Waals surface area (Å²) in [5, 5.41) is 6.60. The molecule has 0 radical (unpaired) electrons. The van der Waals surface area contributed by atoms with E-state index in [1.54, 1.807) is 30.3 Å². The number of rotatable bonds is 8. The van der Waals surface area contributed by atoms with E-state index in [-0.39, 0.29) is 12.4 Å². The van der Waals surface area contributed by atoms with Gasteiger partial charge in [0, 0.05) is 6.54 Å². The molecule has 148 valence electrons. The molecule has 0 saturated heterocycles. The number of hydrazone groups is 1. The summed E-state index contributed by atoms with van der Waals surface area (Å²) in [5.41, 5.74) is 3.58. The Morgan fingerprint density at radius 3 is 2.61 bits per heavy atom. The lowest BCUT2D eigenvalue weighted by Crippen LogP contribution is -2.38. The second-order valence-electron chi connectivity index (χ2n) is 5.91. The first-order valence-corrected chi connectivity index (χ1v) is 9.15. The van der Waals surface area contributed by atoms with Crippen LogP contribution in [-0.4, -0.2) is 24.6 Å². The summed E-state index contributed by atoms with van der Waals surface area (Å²) < 4.78 is 18.5. The maximum atomic E-state index is 12.9. The number of nitrogens with one attached hydrogen (secondary N) is 2. The minimum absolute atomic E-state index is 0.247. The summed E-state index contributed by atoms with van der Waals surface area (Å²) >= 11 is 6.19. The molecule has 2 aromatic rings. The molecule has 6 nitrogen and oxygen atoms in total. The minimum Gasteiger partial charge on any atom is -0.487 e. The quantitative estimate of drug-likeness (QED) is 0.305. The molecule has 0 aliphatic rings. The Balaban J connectivity index is 1.85. The van der Waals surface area contributed by atoms with Crippen molar-refractivity contribution in [3.05, 3.63) is 64.4 Å². The molecule has 0 heterocycles. The van der Waals surface area contributed by atoms with Crippen molar-refractivity contribution in [1.29, 1.82) is 0 Å². The van der Waals surface area contributed by atoms with Gasteiger partial charge in [0.1, 0.15) is 18.2 Å². The summed E-state index contributed by atoms with van der Waals surface area (Å²) in [6.45, 7) is 2.68. The Morgan fingerprint density at radius 1 is 1.18 bits per heavy atom. The van der Waals surface area contributed by atoms with Crippen LogP contribution in [0, 0.1) is 5.82 Å². The van der Waals surface area contributed by atoms with Gasteiger partial charge < -0.3 is 10.1 Å². The predicted octanol–water partition coefficient (Wildman–Crippen LogP) is 3.42. The van der Waals surface area contributed by atoms with Gasteiger partial charge in [-0.1, -0.05) is 37.1 Å². The van der Waals surface area contributed by atoms with Crippen LogP contribution in [0.15, 0.2) is 47.6 Å². The highest BCUT2D eigenvalue weighted by molar-refractivity contribution is 6.35. The number of unbranched alkanes of at least 4 members (excludes halogenated alkanes) is 1. The number of hydrogen-bond donors (Lipinski definition) is 2. The van der Waals surface area contributed by atoms with Crippen LogP contribution in [0.1, 0.15) is 30.9 Å². The molecule has 28 heavy (non-hydrogen) atoms. The normalized spacial score (nSPS) is 10.7. The topological polar surface area (TPSA) is 79.8 Å². The average Bonchev–Trinajstić information content (AvgIpc) is 2.68. The molecule has 0 aliphatic heterocycles. The number of amides is 2. The van der Waals surface area contributed by atoms with E-state index in [0.717, 1.165) is 18.4 Å². The second-order valence-corrected chi connectivity index (χ2v) is 6.32. The molecule has 0 aromatic heterocycles. The van der Waals surface area contributed by atoms with Crippen LogP contribution in [0.2, 0.25) is 5.02 Å². The van der Waals surface area contributed by atoms with E-state index in [4.69, 9.17) is 16.3 Å². The average molecular weight is 406 g/mol. The van der Waals surface area contributed by atoms with Gasteiger partial charge >= 0.3 is 11.8 Å². The fraction of sp³-hybridized carbons (Fsp3) is 0.250. The van der Waals surface area contributed by atoms with Crippen molar-refractivity contribution >= 4 is 29.6 Å². The number of benzene rings is 2. The second kappa shape index (κ2) is 11.0. The van der Waals surface area contributed by atoms with Gasteiger partial charge in [-0.2, -0.15) is 5.10 Å². The van der Waals surface area contributed by atoms with E-state index in [2.05, 4.69) is 15.8 Å². The summed E-state index contributed by atoms with van der Waals surface area (Å²) in [5.74, 6) is -1.41. The van der Waals surface area contributed by atoms with Crippen LogP contribution in [0.4, 0.5) is 4.39 Å². The Bertz CT molecular complexity index is 841. The third-order valence-electron chi connectivity index (χ3n) is 3.67. The number of hydrogen-bond acceptors (Lipinski definition) is 4. The summed E-state index contributed by atoms with van der Waals surface area (Å²) in [6.07, 6.45) is 3.09. The minimum atomic E-state index is -0.835. The molecule has 2 aromatic carbocycles. The number of halogens is 2. The van der Waals surface area contributed by atoms with Gasteiger partial charge in [0.25, 0.3) is 0 Å². The summed E-state index contributed by atoms with van der Waals surface area (Å²) in [4.78, 5) is 23.1. The summed E-state index contributed by atoms with van der Waals surface area (Å²) in [6, 6.07) is 10.9. The Kier molecular flexibility index (Phi) is 8.42. The predicted molar refractivity (Wildman–Crippen MR) is 106 cm³/mol. The fourth-order valence-electron chi connectivity index (χ4n) is 2.13. The van der Waals surface area contributed by atoms with Crippen molar-refractivity contribution < 1.29 is 18.7 Å². The summed E-state index contributed by atoms with van der Waals surface area (Å²) in [7, 11) is 0. The lowest BCUT2D eigenvalue weighted by molar-refractivity contribution is -0.139. The van der Waals surface area contributed by atoms with Gasteiger partial charge in [0.15, 0.2) is 0 Å². The van der Waals surface area contributed by atoms with E-state index in [1.165, 1.54) is 18.3 Å². The highest BCUT2D eigenvalue weighted by Gasteiger charge is 2.11. The van der Waals surface area contributed by atoms with Crippen LogP contribution in [0.25, 0.3) is 0 Å². The van der Waals surface area contributed by atoms with E-state index in [9.17, 15) is 14.0 Å². The standard InChI is InChI=1S/C20H21ClFN3O3/c1-2-3-10-23-19(26)20(27)25-24-12-15-6-9-18(17(21)11-15)28-13-14-4-7-16(22)8-5-14/h4-9,11-12H,2-3,10,13H2,1H3,(H,23,26)(H,25,27)/b24-12-. The molecule has 0 unspecified atom stereocenters. The van der Waals surface area contributed by atoms with Gasteiger partial charge in [-0.3, -0.25) is 9.59 Å². The first kappa shape index (κ1) is 21.4. The van der Waals surface area contributed by atoms with Crippen molar-refractivity contribution in [3.63, 3.8) is 0 Å². The third kappa shape index (κ3) is 7.00. The van der Waals surface area contributed by atoms with Crippen LogP contribution >= 0.6 is 11.6 Å². The molecule has 0 spiro atoms. The largest absolute Gasteiger partial charge is 0.487 e. The Hall–Kier alpha value is -2.93. The van der Waals surface area contributed by atoms with E-state index < -0.39 is 11.8 Å².